The summed E-state index contributed by atoms with van der Waals surface area (Å²) in [5.74, 6) is -0.506. The Morgan fingerprint density at radius 3 is 2.53 bits per heavy atom. The number of nitrogens with zero attached hydrogens (tertiary/aromatic N) is 1. The van der Waals surface area contributed by atoms with Crippen LogP contribution in [0.1, 0.15) is 44.0 Å². The molecule has 0 spiro atoms. The maximum Gasteiger partial charge on any atom is 0.335 e. The molecule has 0 unspecified atom stereocenters. The second-order valence-electron chi connectivity index (χ2n) is 4.26. The second-order valence-corrected chi connectivity index (χ2v) is 4.65. The van der Waals surface area contributed by atoms with Crippen LogP contribution in [-0.4, -0.2) is 21.6 Å². The largest absolute Gasteiger partial charge is 0.478 e. The highest BCUT2D eigenvalue weighted by atomic mass is 35.5. The molecule has 94 valence electrons. The van der Waals surface area contributed by atoms with E-state index in [1.165, 1.54) is 12.1 Å². The van der Waals surface area contributed by atoms with E-state index in [9.17, 15) is 4.79 Å². The summed E-state index contributed by atoms with van der Waals surface area (Å²) in [5, 5.41) is 12.3. The maximum absolute atomic E-state index is 10.9. The Labute approximate surface area is 106 Å². The highest BCUT2D eigenvalue weighted by Crippen LogP contribution is 2.22. The lowest BCUT2D eigenvalue weighted by Crippen LogP contribution is -2.33. The zero-order valence-corrected chi connectivity index (χ0v) is 11.0. The number of pyridine rings is 1. The van der Waals surface area contributed by atoms with Gasteiger partial charge in [-0.3, -0.25) is 0 Å². The molecule has 1 rings (SSSR count). The number of nitrogens with one attached hydrogen (secondary N) is 1. The van der Waals surface area contributed by atoms with Crippen molar-refractivity contribution in [2.24, 2.45) is 0 Å². The number of anilines is 1. The molecule has 0 radical (unpaired) electrons. The number of halogens is 1. The van der Waals surface area contributed by atoms with Gasteiger partial charge in [0, 0.05) is 5.54 Å². The predicted molar refractivity (Wildman–Crippen MR) is 68.8 cm³/mol. The molecular formula is C12H17ClN2O2. The van der Waals surface area contributed by atoms with Crippen molar-refractivity contribution in [1.29, 1.82) is 0 Å². The van der Waals surface area contributed by atoms with Gasteiger partial charge in [-0.25, -0.2) is 9.78 Å². The van der Waals surface area contributed by atoms with E-state index >= 15 is 0 Å². The van der Waals surface area contributed by atoms with Gasteiger partial charge < -0.3 is 10.4 Å². The summed E-state index contributed by atoms with van der Waals surface area (Å²) >= 11 is 5.79. The van der Waals surface area contributed by atoms with Gasteiger partial charge in [0.25, 0.3) is 0 Å². The van der Waals surface area contributed by atoms with Crippen molar-refractivity contribution < 1.29 is 9.90 Å². The SMILES string of the molecule is CCC(C)(CC)Nc1cc(C(=O)O)cc(Cl)n1. The fourth-order valence-corrected chi connectivity index (χ4v) is 1.63. The first-order chi connectivity index (χ1) is 7.90. The number of carboxylic acids is 1. The third-order valence-corrected chi connectivity index (χ3v) is 3.23. The van der Waals surface area contributed by atoms with Crippen LogP contribution in [-0.2, 0) is 0 Å². The Balaban J connectivity index is 3.02. The Kier molecular flexibility index (Phi) is 4.34. The zero-order chi connectivity index (χ0) is 13.1. The maximum atomic E-state index is 10.9. The smallest absolute Gasteiger partial charge is 0.335 e. The van der Waals surface area contributed by atoms with E-state index in [1.807, 2.05) is 0 Å². The summed E-state index contributed by atoms with van der Waals surface area (Å²) in [6.07, 6.45) is 1.83. The first kappa shape index (κ1) is 13.8. The lowest BCUT2D eigenvalue weighted by molar-refractivity contribution is 0.0697. The Morgan fingerprint density at radius 2 is 2.06 bits per heavy atom. The average Bonchev–Trinajstić information content (AvgIpc) is 2.28. The fraction of sp³-hybridized carbons (Fsp3) is 0.500. The normalized spacial score (nSPS) is 11.3. The minimum Gasteiger partial charge on any atom is -0.478 e. The van der Waals surface area contributed by atoms with Crippen molar-refractivity contribution in [3.05, 3.63) is 22.8 Å². The summed E-state index contributed by atoms with van der Waals surface area (Å²) in [5.41, 5.74) is 0.0371. The molecule has 0 aliphatic carbocycles. The second kappa shape index (κ2) is 5.36. The van der Waals surface area contributed by atoms with Gasteiger partial charge in [-0.05, 0) is 31.9 Å². The Morgan fingerprint density at radius 1 is 1.47 bits per heavy atom. The molecule has 0 amide bonds. The van der Waals surface area contributed by atoms with E-state index in [1.54, 1.807) is 0 Å². The highest BCUT2D eigenvalue weighted by molar-refractivity contribution is 6.29. The van der Waals surface area contributed by atoms with Crippen LogP contribution in [0, 0.1) is 0 Å². The lowest BCUT2D eigenvalue weighted by atomic mass is 9.95. The Hall–Kier alpha value is -1.29. The van der Waals surface area contributed by atoms with Crippen LogP contribution in [0.3, 0.4) is 0 Å². The molecule has 0 bridgehead atoms. The number of carboxylic acid groups (broad SMARTS) is 1. The molecule has 0 fully saturated rings. The molecule has 0 aliphatic rings. The van der Waals surface area contributed by atoms with Crippen LogP contribution in [0.2, 0.25) is 5.15 Å². The molecule has 1 heterocycles. The summed E-state index contributed by atoms with van der Waals surface area (Å²) in [6.45, 7) is 6.20. The molecule has 0 aliphatic heterocycles. The third kappa shape index (κ3) is 3.60. The minimum absolute atomic E-state index is 0.104. The molecule has 1 aromatic heterocycles. The van der Waals surface area contributed by atoms with Gasteiger partial charge in [0.1, 0.15) is 11.0 Å². The van der Waals surface area contributed by atoms with E-state index in [0.29, 0.717) is 5.82 Å². The standard InChI is InChI=1S/C12H17ClN2O2/c1-4-12(3,5-2)15-10-7-8(11(16)17)6-9(13)14-10/h6-7H,4-5H2,1-3H3,(H,14,15)(H,16,17). The Bertz CT molecular complexity index is 417. The molecule has 1 aromatic rings. The number of aromatic nitrogens is 1. The van der Waals surface area contributed by atoms with Gasteiger partial charge in [-0.1, -0.05) is 25.4 Å². The van der Waals surface area contributed by atoms with Crippen LogP contribution in [0.15, 0.2) is 12.1 Å². The molecule has 17 heavy (non-hydrogen) atoms. The van der Waals surface area contributed by atoms with Gasteiger partial charge >= 0.3 is 5.97 Å². The lowest BCUT2D eigenvalue weighted by Gasteiger charge is -2.29. The van der Waals surface area contributed by atoms with Crippen LogP contribution < -0.4 is 5.32 Å². The number of rotatable bonds is 5. The number of hydrogen-bond donors (Lipinski definition) is 2. The monoisotopic (exact) mass is 256 g/mol. The minimum atomic E-state index is -1.01. The predicted octanol–water partition coefficient (Wildman–Crippen LogP) is 3.42. The van der Waals surface area contributed by atoms with Gasteiger partial charge in [0.05, 0.1) is 5.56 Å². The van der Waals surface area contributed by atoms with Crippen LogP contribution in [0.5, 0.6) is 0 Å². The first-order valence-electron chi connectivity index (χ1n) is 5.59. The number of carbonyl (C=O) groups is 1. The van der Waals surface area contributed by atoms with Gasteiger partial charge in [-0.15, -0.1) is 0 Å². The quantitative estimate of drug-likeness (QED) is 0.793. The van der Waals surface area contributed by atoms with Crippen LogP contribution in [0.25, 0.3) is 0 Å². The molecular weight excluding hydrogens is 240 g/mol. The van der Waals surface area contributed by atoms with E-state index in [-0.39, 0.29) is 16.3 Å². The summed E-state index contributed by atoms with van der Waals surface area (Å²) < 4.78 is 0. The zero-order valence-electron chi connectivity index (χ0n) is 10.2. The summed E-state index contributed by atoms with van der Waals surface area (Å²) in [6, 6.07) is 2.84. The van der Waals surface area contributed by atoms with Crippen molar-refractivity contribution >= 4 is 23.4 Å². The third-order valence-electron chi connectivity index (χ3n) is 3.03. The summed E-state index contributed by atoms with van der Waals surface area (Å²) in [4.78, 5) is 15.0. The first-order valence-corrected chi connectivity index (χ1v) is 5.97. The van der Waals surface area contributed by atoms with Crippen LogP contribution in [0.4, 0.5) is 5.82 Å². The molecule has 0 saturated heterocycles. The summed E-state index contributed by atoms with van der Waals surface area (Å²) in [7, 11) is 0. The van der Waals surface area contributed by atoms with Crippen molar-refractivity contribution in [2.75, 3.05) is 5.32 Å². The van der Waals surface area contributed by atoms with Crippen LogP contribution >= 0.6 is 11.6 Å². The molecule has 0 atom stereocenters. The van der Waals surface area contributed by atoms with Crippen molar-refractivity contribution in [3.8, 4) is 0 Å². The molecule has 4 nitrogen and oxygen atoms in total. The van der Waals surface area contributed by atoms with Crippen molar-refractivity contribution in [3.63, 3.8) is 0 Å². The molecule has 0 aromatic carbocycles. The van der Waals surface area contributed by atoms with Crippen molar-refractivity contribution in [1.82, 2.24) is 4.98 Å². The fourth-order valence-electron chi connectivity index (χ4n) is 1.42. The van der Waals surface area contributed by atoms with Gasteiger partial charge in [0.2, 0.25) is 0 Å². The molecule has 0 saturated carbocycles. The van der Waals surface area contributed by atoms with E-state index in [0.717, 1.165) is 12.8 Å². The number of aromatic carboxylic acids is 1. The van der Waals surface area contributed by atoms with E-state index in [4.69, 9.17) is 16.7 Å². The van der Waals surface area contributed by atoms with E-state index in [2.05, 4.69) is 31.1 Å². The van der Waals surface area contributed by atoms with Gasteiger partial charge in [-0.2, -0.15) is 0 Å². The van der Waals surface area contributed by atoms with Crippen molar-refractivity contribution in [2.45, 2.75) is 39.2 Å². The average molecular weight is 257 g/mol. The highest BCUT2D eigenvalue weighted by Gasteiger charge is 2.20. The van der Waals surface area contributed by atoms with E-state index < -0.39 is 5.97 Å². The molecule has 2 N–H and O–H groups in total. The number of hydrogen-bond acceptors (Lipinski definition) is 3. The van der Waals surface area contributed by atoms with Gasteiger partial charge in [0.15, 0.2) is 0 Å². The molecule has 5 heteroatoms. The topological polar surface area (TPSA) is 62.2 Å².